The maximum absolute atomic E-state index is 12.9. The van der Waals surface area contributed by atoms with Gasteiger partial charge in [0.15, 0.2) is 0 Å². The van der Waals surface area contributed by atoms with Crippen LogP contribution in [0.3, 0.4) is 0 Å². The molecule has 0 aliphatic carbocycles. The summed E-state index contributed by atoms with van der Waals surface area (Å²) in [5.41, 5.74) is 9.44. The predicted octanol–water partition coefficient (Wildman–Crippen LogP) is 3.81. The average Bonchev–Trinajstić information content (AvgIpc) is 2.79. The van der Waals surface area contributed by atoms with Gasteiger partial charge < -0.3 is 10.5 Å². The Hall–Kier alpha value is -3.98. The number of aryl methyl sites for hydroxylation is 1. The number of pyridine rings is 1. The number of nitrogens with one attached hydrogen (secondary N) is 1. The Labute approximate surface area is 186 Å². The van der Waals surface area contributed by atoms with E-state index < -0.39 is 10.0 Å². The molecule has 0 aliphatic heterocycles. The summed E-state index contributed by atoms with van der Waals surface area (Å²) >= 11 is 0. The van der Waals surface area contributed by atoms with E-state index in [4.69, 9.17) is 10.5 Å². The van der Waals surface area contributed by atoms with Gasteiger partial charge in [-0.25, -0.2) is 18.4 Å². The Kier molecular flexibility index (Phi) is 6.00. The second-order valence-electron chi connectivity index (χ2n) is 7.10. The van der Waals surface area contributed by atoms with Crippen molar-refractivity contribution in [3.8, 4) is 17.1 Å². The minimum absolute atomic E-state index is 0.0119. The highest BCUT2D eigenvalue weighted by molar-refractivity contribution is 7.92. The molecule has 2 heterocycles. The fourth-order valence-corrected chi connectivity index (χ4v) is 3.93. The summed E-state index contributed by atoms with van der Waals surface area (Å²) in [5, 5.41) is 0. The van der Waals surface area contributed by atoms with Gasteiger partial charge in [-0.1, -0.05) is 35.9 Å². The molecule has 0 fully saturated rings. The van der Waals surface area contributed by atoms with Crippen LogP contribution in [0.15, 0.2) is 84.1 Å². The second kappa shape index (κ2) is 9.03. The highest BCUT2D eigenvalue weighted by Crippen LogP contribution is 2.28. The first-order valence-electron chi connectivity index (χ1n) is 9.75. The van der Waals surface area contributed by atoms with Gasteiger partial charge in [0.25, 0.3) is 15.9 Å². The van der Waals surface area contributed by atoms with Crippen LogP contribution in [0.5, 0.6) is 5.88 Å². The van der Waals surface area contributed by atoms with E-state index in [1.165, 1.54) is 18.3 Å². The minimum atomic E-state index is -3.88. The lowest BCUT2D eigenvalue weighted by Crippen LogP contribution is -2.15. The predicted molar refractivity (Wildman–Crippen MR) is 122 cm³/mol. The van der Waals surface area contributed by atoms with Crippen molar-refractivity contribution in [3.05, 3.63) is 90.4 Å². The fraction of sp³-hybridized carbons (Fsp3) is 0.0870. The first kappa shape index (κ1) is 21.3. The third-order valence-electron chi connectivity index (χ3n) is 4.58. The van der Waals surface area contributed by atoms with E-state index in [1.54, 1.807) is 48.8 Å². The van der Waals surface area contributed by atoms with Crippen LogP contribution in [0.1, 0.15) is 11.1 Å². The van der Waals surface area contributed by atoms with Crippen LogP contribution in [0, 0.1) is 6.92 Å². The number of ether oxygens (including phenoxy) is 1. The van der Waals surface area contributed by atoms with Gasteiger partial charge in [0.2, 0.25) is 5.82 Å². The zero-order chi connectivity index (χ0) is 22.6. The van der Waals surface area contributed by atoms with Gasteiger partial charge in [-0.15, -0.1) is 0 Å². The van der Waals surface area contributed by atoms with Crippen LogP contribution in [0.4, 0.5) is 11.5 Å². The molecule has 0 atom stereocenters. The largest absolute Gasteiger partial charge is 0.470 e. The molecule has 0 aliphatic rings. The van der Waals surface area contributed by atoms with E-state index in [0.29, 0.717) is 11.4 Å². The summed E-state index contributed by atoms with van der Waals surface area (Å²) in [4.78, 5) is 13.0. The molecule has 2 aromatic heterocycles. The first-order chi connectivity index (χ1) is 15.4. The second-order valence-corrected chi connectivity index (χ2v) is 8.79. The third-order valence-corrected chi connectivity index (χ3v) is 5.94. The maximum Gasteiger partial charge on any atom is 0.263 e. The van der Waals surface area contributed by atoms with Crippen molar-refractivity contribution in [3.63, 3.8) is 0 Å². The minimum Gasteiger partial charge on any atom is -0.470 e. The molecule has 0 saturated heterocycles. The molecule has 9 heteroatoms. The number of nitrogens with two attached hydrogens (primary N) is 1. The highest BCUT2D eigenvalue weighted by atomic mass is 32.2. The SMILES string of the molecule is Cc1ccc(S(=O)(=O)Nc2ncc(-c3cccc(N)c3)nc2OCc2cccnc2)cc1. The first-order valence-corrected chi connectivity index (χ1v) is 11.2. The maximum atomic E-state index is 12.9. The van der Waals surface area contributed by atoms with E-state index in [-0.39, 0.29) is 23.2 Å². The molecule has 4 aromatic rings. The van der Waals surface area contributed by atoms with E-state index in [2.05, 4.69) is 19.7 Å². The van der Waals surface area contributed by atoms with Crippen LogP contribution in [0.25, 0.3) is 11.3 Å². The Morgan fingerprint density at radius 1 is 1.03 bits per heavy atom. The van der Waals surface area contributed by atoms with Gasteiger partial charge in [0.05, 0.1) is 16.8 Å². The lowest BCUT2D eigenvalue weighted by Gasteiger charge is -2.13. The van der Waals surface area contributed by atoms with Gasteiger partial charge in [-0.05, 0) is 37.3 Å². The Morgan fingerprint density at radius 3 is 2.56 bits per heavy atom. The zero-order valence-electron chi connectivity index (χ0n) is 17.3. The number of aromatic nitrogens is 3. The molecule has 0 spiro atoms. The van der Waals surface area contributed by atoms with E-state index in [0.717, 1.165) is 16.7 Å². The van der Waals surface area contributed by atoms with Crippen LogP contribution < -0.4 is 15.2 Å². The lowest BCUT2D eigenvalue weighted by molar-refractivity contribution is 0.294. The van der Waals surface area contributed by atoms with Crippen molar-refractivity contribution in [2.24, 2.45) is 0 Å². The topological polar surface area (TPSA) is 120 Å². The number of hydrogen-bond donors (Lipinski definition) is 2. The summed E-state index contributed by atoms with van der Waals surface area (Å²) in [6, 6.07) is 17.3. The Bertz CT molecular complexity index is 1330. The van der Waals surface area contributed by atoms with E-state index in [9.17, 15) is 8.42 Å². The van der Waals surface area contributed by atoms with Gasteiger partial charge in [-0.2, -0.15) is 0 Å². The zero-order valence-corrected chi connectivity index (χ0v) is 18.1. The molecule has 162 valence electrons. The molecule has 3 N–H and O–H groups in total. The molecule has 0 bridgehead atoms. The van der Waals surface area contributed by atoms with Gasteiger partial charge >= 0.3 is 0 Å². The molecular weight excluding hydrogens is 426 g/mol. The van der Waals surface area contributed by atoms with E-state index >= 15 is 0 Å². The number of benzene rings is 2. The number of sulfonamides is 1. The number of nitrogens with zero attached hydrogens (tertiary/aromatic N) is 3. The van der Waals surface area contributed by atoms with Crippen molar-refractivity contribution >= 4 is 21.5 Å². The van der Waals surface area contributed by atoms with Crippen molar-refractivity contribution in [1.82, 2.24) is 15.0 Å². The molecular formula is C23H21N5O3S. The number of hydrogen-bond acceptors (Lipinski definition) is 7. The summed E-state index contributed by atoms with van der Waals surface area (Å²) in [6.07, 6.45) is 4.79. The molecule has 0 saturated carbocycles. The standard InChI is InChI=1S/C23H21N5O3S/c1-16-7-9-20(10-8-16)32(29,30)28-22-23(31-15-17-4-3-11-25-13-17)27-21(14-26-22)18-5-2-6-19(24)12-18/h2-14H,15,24H2,1H3,(H,26,28). The number of nitrogen functional groups attached to an aromatic ring is 1. The monoisotopic (exact) mass is 447 g/mol. The van der Waals surface area contributed by atoms with Crippen LogP contribution in [-0.2, 0) is 16.6 Å². The van der Waals surface area contributed by atoms with Crippen LogP contribution >= 0.6 is 0 Å². The van der Waals surface area contributed by atoms with Gasteiger partial charge in [-0.3, -0.25) is 9.71 Å². The van der Waals surface area contributed by atoms with Gasteiger partial charge in [0, 0.05) is 29.2 Å². The van der Waals surface area contributed by atoms with Crippen LogP contribution in [0.2, 0.25) is 0 Å². The summed E-state index contributed by atoms with van der Waals surface area (Å²) in [5.74, 6) is 0.0339. The molecule has 0 unspecified atom stereocenters. The van der Waals surface area contributed by atoms with Crippen LogP contribution in [-0.4, -0.2) is 23.4 Å². The Balaban J connectivity index is 1.69. The van der Waals surface area contributed by atoms with Crippen molar-refractivity contribution in [2.45, 2.75) is 18.4 Å². The Morgan fingerprint density at radius 2 is 1.84 bits per heavy atom. The number of rotatable bonds is 7. The molecule has 32 heavy (non-hydrogen) atoms. The summed E-state index contributed by atoms with van der Waals surface area (Å²) in [7, 11) is -3.88. The molecule has 8 nitrogen and oxygen atoms in total. The van der Waals surface area contributed by atoms with Gasteiger partial charge in [0.1, 0.15) is 6.61 Å². The lowest BCUT2D eigenvalue weighted by atomic mass is 10.1. The normalized spacial score (nSPS) is 11.2. The summed E-state index contributed by atoms with van der Waals surface area (Å²) in [6.45, 7) is 2.02. The van der Waals surface area contributed by atoms with Crippen molar-refractivity contribution in [1.29, 1.82) is 0 Å². The highest BCUT2D eigenvalue weighted by Gasteiger charge is 2.20. The quantitative estimate of drug-likeness (QED) is 0.413. The smallest absolute Gasteiger partial charge is 0.263 e. The van der Waals surface area contributed by atoms with Crippen molar-refractivity contribution < 1.29 is 13.2 Å². The molecule has 2 aromatic carbocycles. The molecule has 0 radical (unpaired) electrons. The van der Waals surface area contributed by atoms with Crippen molar-refractivity contribution in [2.75, 3.05) is 10.5 Å². The molecule has 0 amide bonds. The average molecular weight is 448 g/mol. The fourth-order valence-electron chi connectivity index (χ4n) is 2.92. The molecule has 4 rings (SSSR count). The number of anilines is 2. The summed E-state index contributed by atoms with van der Waals surface area (Å²) < 4.78 is 34.1. The third kappa shape index (κ3) is 5.01. The van der Waals surface area contributed by atoms with E-state index in [1.807, 2.05) is 19.1 Å².